The fourth-order valence-electron chi connectivity index (χ4n) is 1.76. The van der Waals surface area contributed by atoms with Gasteiger partial charge in [0.25, 0.3) is 0 Å². The van der Waals surface area contributed by atoms with Crippen molar-refractivity contribution in [3.63, 3.8) is 0 Å². The van der Waals surface area contributed by atoms with Crippen LogP contribution in [0.15, 0.2) is 24.3 Å². The molecule has 1 saturated heterocycles. The summed E-state index contributed by atoms with van der Waals surface area (Å²) in [6, 6.07) is 6.84. The largest absolute Gasteiger partial charge is 1.00 e. The molecule has 0 aromatic heterocycles. The average molecular weight is 259 g/mol. The van der Waals surface area contributed by atoms with Gasteiger partial charge in [0.15, 0.2) is 0 Å². The third-order valence-electron chi connectivity index (χ3n) is 2.70. The molecular formula is C12H14KNO3. The van der Waals surface area contributed by atoms with Crippen LogP contribution in [0.5, 0.6) is 0 Å². The van der Waals surface area contributed by atoms with Crippen LogP contribution in [0.4, 0.5) is 0 Å². The minimum atomic E-state index is -1.13. The topological polar surface area (TPSA) is 52.6 Å². The summed E-state index contributed by atoms with van der Waals surface area (Å²) in [6.07, 6.45) is 0. The van der Waals surface area contributed by atoms with E-state index in [0.29, 0.717) is 0 Å². The number of benzene rings is 1. The van der Waals surface area contributed by atoms with Crippen LogP contribution in [0, 0.1) is 0 Å². The van der Waals surface area contributed by atoms with Crippen molar-refractivity contribution in [2.24, 2.45) is 0 Å². The van der Waals surface area contributed by atoms with Crippen LogP contribution in [0.2, 0.25) is 0 Å². The van der Waals surface area contributed by atoms with Gasteiger partial charge in [0, 0.05) is 19.6 Å². The average Bonchev–Trinajstić information content (AvgIpc) is 2.31. The van der Waals surface area contributed by atoms with Gasteiger partial charge in [-0.15, -0.1) is 0 Å². The second-order valence-corrected chi connectivity index (χ2v) is 3.87. The fraction of sp³-hybridized carbons (Fsp3) is 0.417. The van der Waals surface area contributed by atoms with Crippen molar-refractivity contribution in [3.05, 3.63) is 35.4 Å². The van der Waals surface area contributed by atoms with E-state index < -0.39 is 5.97 Å². The molecule has 0 N–H and O–H groups in total. The summed E-state index contributed by atoms with van der Waals surface area (Å²) in [7, 11) is 0. The molecule has 2 rings (SSSR count). The maximum Gasteiger partial charge on any atom is 1.00 e. The first-order chi connectivity index (χ1) is 7.75. The molecule has 0 bridgehead atoms. The van der Waals surface area contributed by atoms with E-state index in [4.69, 9.17) is 4.74 Å². The molecule has 17 heavy (non-hydrogen) atoms. The predicted molar refractivity (Wildman–Crippen MR) is 56.9 cm³/mol. The van der Waals surface area contributed by atoms with Gasteiger partial charge in [-0.1, -0.05) is 24.3 Å². The Balaban J connectivity index is 0.00000144. The van der Waals surface area contributed by atoms with Gasteiger partial charge in [-0.3, -0.25) is 4.90 Å². The number of carboxylic acid groups (broad SMARTS) is 1. The van der Waals surface area contributed by atoms with E-state index >= 15 is 0 Å². The van der Waals surface area contributed by atoms with E-state index in [2.05, 4.69) is 4.90 Å². The van der Waals surface area contributed by atoms with Gasteiger partial charge in [0.1, 0.15) is 0 Å². The number of carboxylic acids is 1. The maximum atomic E-state index is 10.6. The van der Waals surface area contributed by atoms with Crippen LogP contribution in [0.1, 0.15) is 15.9 Å². The molecule has 0 atom stereocenters. The molecule has 1 aliphatic rings. The van der Waals surface area contributed by atoms with Gasteiger partial charge in [0.2, 0.25) is 0 Å². The van der Waals surface area contributed by atoms with Crippen molar-refractivity contribution >= 4 is 5.97 Å². The van der Waals surface area contributed by atoms with Gasteiger partial charge in [-0.2, -0.15) is 0 Å². The van der Waals surface area contributed by atoms with Crippen molar-refractivity contribution in [3.8, 4) is 0 Å². The van der Waals surface area contributed by atoms with Crippen LogP contribution in [0.25, 0.3) is 0 Å². The van der Waals surface area contributed by atoms with E-state index in [0.717, 1.165) is 38.4 Å². The number of hydrogen-bond acceptors (Lipinski definition) is 4. The summed E-state index contributed by atoms with van der Waals surface area (Å²) in [6.45, 7) is 4.26. The summed E-state index contributed by atoms with van der Waals surface area (Å²) in [5, 5.41) is 10.6. The molecule has 1 aromatic rings. The zero-order chi connectivity index (χ0) is 11.4. The first kappa shape index (κ1) is 15.3. The maximum absolute atomic E-state index is 10.6. The number of carbonyl (C=O) groups excluding carboxylic acids is 1. The summed E-state index contributed by atoms with van der Waals surface area (Å²) in [5.74, 6) is -1.13. The normalized spacial score (nSPS) is 16.2. The van der Waals surface area contributed by atoms with Crippen molar-refractivity contribution < 1.29 is 66.0 Å². The molecule has 4 nitrogen and oxygen atoms in total. The standard InChI is InChI=1S/C12H15NO3.K/c14-12(15)11-3-1-10(2-4-11)9-13-5-7-16-8-6-13;/h1-4H,5-9H2,(H,14,15);/q;+1/p-1. The SMILES string of the molecule is O=C([O-])c1ccc(CN2CCOCC2)cc1.[K+]. The zero-order valence-corrected chi connectivity index (χ0v) is 13.1. The van der Waals surface area contributed by atoms with Gasteiger partial charge >= 0.3 is 51.4 Å². The van der Waals surface area contributed by atoms with E-state index in [1.807, 2.05) is 12.1 Å². The summed E-state index contributed by atoms with van der Waals surface area (Å²) in [4.78, 5) is 12.9. The molecule has 0 radical (unpaired) electrons. The second-order valence-electron chi connectivity index (χ2n) is 3.87. The van der Waals surface area contributed by atoms with Crippen molar-refractivity contribution in [1.82, 2.24) is 4.90 Å². The minimum Gasteiger partial charge on any atom is -0.545 e. The summed E-state index contributed by atoms with van der Waals surface area (Å²) in [5.41, 5.74) is 1.35. The Morgan fingerprint density at radius 1 is 1.24 bits per heavy atom. The molecule has 1 fully saturated rings. The van der Waals surface area contributed by atoms with Crippen LogP contribution in [0.3, 0.4) is 0 Å². The number of hydrogen-bond donors (Lipinski definition) is 0. The first-order valence-electron chi connectivity index (χ1n) is 5.36. The van der Waals surface area contributed by atoms with Crippen molar-refractivity contribution in [2.45, 2.75) is 6.54 Å². The van der Waals surface area contributed by atoms with Gasteiger partial charge < -0.3 is 14.6 Å². The molecule has 0 unspecified atom stereocenters. The third-order valence-corrected chi connectivity index (χ3v) is 2.70. The molecular weight excluding hydrogens is 245 g/mol. The summed E-state index contributed by atoms with van der Waals surface area (Å²) >= 11 is 0. The van der Waals surface area contributed by atoms with Crippen molar-refractivity contribution in [2.75, 3.05) is 26.3 Å². The van der Waals surface area contributed by atoms with Gasteiger partial charge in [0.05, 0.1) is 19.2 Å². The van der Waals surface area contributed by atoms with E-state index in [1.54, 1.807) is 12.1 Å². The van der Waals surface area contributed by atoms with Gasteiger partial charge in [-0.25, -0.2) is 0 Å². The second kappa shape index (κ2) is 7.63. The fourth-order valence-corrected chi connectivity index (χ4v) is 1.76. The quantitative estimate of drug-likeness (QED) is 0.539. The van der Waals surface area contributed by atoms with E-state index in [-0.39, 0.29) is 56.9 Å². The van der Waals surface area contributed by atoms with Crippen LogP contribution in [-0.4, -0.2) is 37.2 Å². The molecule has 86 valence electrons. The smallest absolute Gasteiger partial charge is 0.545 e. The minimum absolute atomic E-state index is 0. The molecule has 0 aliphatic carbocycles. The van der Waals surface area contributed by atoms with Crippen molar-refractivity contribution in [1.29, 1.82) is 0 Å². The monoisotopic (exact) mass is 259 g/mol. The molecule has 1 heterocycles. The Hall–Kier alpha value is 0.246. The first-order valence-corrected chi connectivity index (χ1v) is 5.36. The third kappa shape index (κ3) is 4.79. The Morgan fingerprint density at radius 2 is 1.82 bits per heavy atom. The molecule has 5 heteroatoms. The number of ether oxygens (including phenoxy) is 1. The molecule has 0 saturated carbocycles. The van der Waals surface area contributed by atoms with Crippen LogP contribution >= 0.6 is 0 Å². The molecule has 1 aliphatic heterocycles. The van der Waals surface area contributed by atoms with Gasteiger partial charge in [-0.05, 0) is 11.1 Å². The van der Waals surface area contributed by atoms with Crippen LogP contribution < -0.4 is 56.5 Å². The number of carbonyl (C=O) groups is 1. The van der Waals surface area contributed by atoms with Crippen LogP contribution in [-0.2, 0) is 11.3 Å². The number of morpholine rings is 1. The Morgan fingerprint density at radius 3 is 2.35 bits per heavy atom. The number of rotatable bonds is 3. The zero-order valence-electron chi connectivity index (χ0n) is 10.0. The Bertz CT molecular complexity index is 361. The number of aromatic carboxylic acids is 1. The summed E-state index contributed by atoms with van der Waals surface area (Å²) < 4.78 is 5.26. The Labute approximate surface area is 143 Å². The van der Waals surface area contributed by atoms with E-state index in [9.17, 15) is 9.90 Å². The number of nitrogens with zero attached hydrogens (tertiary/aromatic N) is 1. The Kier molecular flexibility index (Phi) is 6.87. The predicted octanol–water partition coefficient (Wildman–Crippen LogP) is -3.11. The van der Waals surface area contributed by atoms with E-state index in [1.165, 1.54) is 0 Å². The molecule has 0 spiro atoms. The molecule has 0 amide bonds. The molecule has 1 aromatic carbocycles.